The number of aliphatic imine (C=N–C) groups is 1. The summed E-state index contributed by atoms with van der Waals surface area (Å²) >= 11 is 0. The van der Waals surface area contributed by atoms with Gasteiger partial charge in [0.15, 0.2) is 5.96 Å². The van der Waals surface area contributed by atoms with Crippen molar-refractivity contribution < 1.29 is 0 Å². The zero-order valence-corrected chi connectivity index (χ0v) is 16.8. The summed E-state index contributed by atoms with van der Waals surface area (Å²) in [5.74, 6) is 2.65. The standard InChI is InChI=1S/C18H25N5.HI/c1-4-19-18(22-15-10-13(15)2)23(3)12-17-20-11-16(21-17)14-8-6-5-7-9-14;/h5-9,11,13,15H,4,10,12H2,1-3H3,(H,19,22)(H,20,21);1H. The van der Waals surface area contributed by atoms with Crippen LogP contribution in [0.3, 0.4) is 0 Å². The maximum Gasteiger partial charge on any atom is 0.194 e. The van der Waals surface area contributed by atoms with Gasteiger partial charge < -0.3 is 15.2 Å². The molecule has 2 N–H and O–H groups in total. The van der Waals surface area contributed by atoms with Crippen LogP contribution >= 0.6 is 24.0 Å². The second kappa shape index (κ2) is 8.50. The van der Waals surface area contributed by atoms with Gasteiger partial charge in [-0.3, -0.25) is 4.99 Å². The molecule has 6 heteroatoms. The summed E-state index contributed by atoms with van der Waals surface area (Å²) in [6, 6.07) is 10.8. The molecular formula is C18H26IN5. The Kier molecular flexibility index (Phi) is 6.65. The van der Waals surface area contributed by atoms with Gasteiger partial charge in [-0.2, -0.15) is 0 Å². The number of guanidine groups is 1. The van der Waals surface area contributed by atoms with Gasteiger partial charge in [0.2, 0.25) is 0 Å². The van der Waals surface area contributed by atoms with E-state index >= 15 is 0 Å². The van der Waals surface area contributed by atoms with E-state index in [1.165, 1.54) is 6.42 Å². The summed E-state index contributed by atoms with van der Waals surface area (Å²) < 4.78 is 0. The van der Waals surface area contributed by atoms with Crippen LogP contribution in [0.1, 0.15) is 26.1 Å². The van der Waals surface area contributed by atoms with E-state index in [1.807, 2.05) is 24.4 Å². The largest absolute Gasteiger partial charge is 0.353 e. The normalized spacial score (nSPS) is 19.5. The molecule has 130 valence electrons. The third-order valence-corrected chi connectivity index (χ3v) is 4.19. The van der Waals surface area contributed by atoms with E-state index in [0.717, 1.165) is 35.5 Å². The highest BCUT2D eigenvalue weighted by Crippen LogP contribution is 2.29. The molecular weight excluding hydrogens is 413 g/mol. The Morgan fingerprint density at radius 2 is 2.08 bits per heavy atom. The van der Waals surface area contributed by atoms with E-state index in [0.29, 0.717) is 12.6 Å². The molecule has 1 aromatic heterocycles. The second-order valence-corrected chi connectivity index (χ2v) is 6.23. The highest BCUT2D eigenvalue weighted by molar-refractivity contribution is 14.0. The minimum absolute atomic E-state index is 0. The van der Waals surface area contributed by atoms with Crippen molar-refractivity contribution in [2.75, 3.05) is 13.6 Å². The van der Waals surface area contributed by atoms with Gasteiger partial charge in [-0.25, -0.2) is 4.98 Å². The number of nitrogens with zero attached hydrogens (tertiary/aromatic N) is 3. The molecule has 5 nitrogen and oxygen atoms in total. The summed E-state index contributed by atoms with van der Waals surface area (Å²) in [7, 11) is 2.05. The molecule has 0 bridgehead atoms. The van der Waals surface area contributed by atoms with Crippen molar-refractivity contribution in [3.63, 3.8) is 0 Å². The zero-order valence-electron chi connectivity index (χ0n) is 14.5. The number of imidazole rings is 1. The first-order chi connectivity index (χ1) is 11.2. The van der Waals surface area contributed by atoms with E-state index in [-0.39, 0.29) is 24.0 Å². The minimum Gasteiger partial charge on any atom is -0.353 e. The topological polar surface area (TPSA) is 56.3 Å². The van der Waals surface area contributed by atoms with Crippen LogP contribution in [0, 0.1) is 5.92 Å². The van der Waals surface area contributed by atoms with Crippen molar-refractivity contribution in [3.05, 3.63) is 42.4 Å². The van der Waals surface area contributed by atoms with E-state index in [9.17, 15) is 0 Å². The summed E-state index contributed by atoms with van der Waals surface area (Å²) in [5.41, 5.74) is 2.20. The lowest BCUT2D eigenvalue weighted by molar-refractivity contribution is 0.460. The molecule has 2 atom stereocenters. The van der Waals surface area contributed by atoms with Crippen molar-refractivity contribution in [1.82, 2.24) is 20.2 Å². The molecule has 0 saturated heterocycles. The first kappa shape index (κ1) is 18.8. The molecule has 1 fully saturated rings. The molecule has 1 aromatic carbocycles. The van der Waals surface area contributed by atoms with Crippen LogP contribution in [0.4, 0.5) is 0 Å². The van der Waals surface area contributed by atoms with Gasteiger partial charge in [0.1, 0.15) is 5.82 Å². The summed E-state index contributed by atoms with van der Waals surface area (Å²) in [4.78, 5) is 14.6. The van der Waals surface area contributed by atoms with E-state index in [2.05, 4.69) is 58.2 Å². The zero-order chi connectivity index (χ0) is 16.2. The Bertz CT molecular complexity index is 667. The van der Waals surface area contributed by atoms with E-state index in [1.54, 1.807) is 0 Å². The summed E-state index contributed by atoms with van der Waals surface area (Å²) in [6.45, 7) is 5.81. The number of halogens is 1. The summed E-state index contributed by atoms with van der Waals surface area (Å²) in [6.07, 6.45) is 3.13. The quantitative estimate of drug-likeness (QED) is 0.426. The molecule has 1 aliphatic rings. The number of aromatic amines is 1. The number of rotatable bonds is 5. The number of H-pyrrole nitrogens is 1. The molecule has 2 unspecified atom stereocenters. The molecule has 1 heterocycles. The van der Waals surface area contributed by atoms with Gasteiger partial charge in [0.25, 0.3) is 0 Å². The van der Waals surface area contributed by atoms with Crippen molar-refractivity contribution in [3.8, 4) is 11.3 Å². The Balaban J connectivity index is 0.00000208. The predicted octanol–water partition coefficient (Wildman–Crippen LogP) is 3.50. The van der Waals surface area contributed by atoms with Crippen LogP contribution in [-0.2, 0) is 6.54 Å². The van der Waals surface area contributed by atoms with E-state index in [4.69, 9.17) is 0 Å². The van der Waals surface area contributed by atoms with Gasteiger partial charge >= 0.3 is 0 Å². The Labute approximate surface area is 161 Å². The molecule has 1 saturated carbocycles. The maximum atomic E-state index is 4.59. The highest BCUT2D eigenvalue weighted by atomic mass is 127. The SMILES string of the molecule is CCN=C(NC1CC1C)N(C)Cc1ncc(-c2ccccc2)[nH]1.I. The lowest BCUT2D eigenvalue weighted by Gasteiger charge is -2.21. The number of nitrogens with one attached hydrogen (secondary N) is 2. The number of hydrogen-bond donors (Lipinski definition) is 2. The molecule has 0 amide bonds. The third-order valence-electron chi connectivity index (χ3n) is 4.19. The second-order valence-electron chi connectivity index (χ2n) is 6.23. The lowest BCUT2D eigenvalue weighted by Crippen LogP contribution is -2.40. The maximum absolute atomic E-state index is 4.59. The monoisotopic (exact) mass is 439 g/mol. The first-order valence-electron chi connectivity index (χ1n) is 8.28. The van der Waals surface area contributed by atoms with Crippen molar-refractivity contribution in [2.45, 2.75) is 32.9 Å². The predicted molar refractivity (Wildman–Crippen MR) is 110 cm³/mol. The van der Waals surface area contributed by atoms with Gasteiger partial charge in [0, 0.05) is 19.6 Å². The van der Waals surface area contributed by atoms with Gasteiger partial charge in [-0.15, -0.1) is 24.0 Å². The number of aromatic nitrogens is 2. The molecule has 24 heavy (non-hydrogen) atoms. The fourth-order valence-electron chi connectivity index (χ4n) is 2.62. The van der Waals surface area contributed by atoms with Gasteiger partial charge in [-0.05, 0) is 24.8 Å². The van der Waals surface area contributed by atoms with Crippen molar-refractivity contribution in [1.29, 1.82) is 0 Å². The minimum atomic E-state index is 0. The average Bonchev–Trinajstić information content (AvgIpc) is 3.06. The molecule has 3 rings (SSSR count). The highest BCUT2D eigenvalue weighted by Gasteiger charge is 2.33. The molecule has 0 spiro atoms. The lowest BCUT2D eigenvalue weighted by atomic mass is 10.2. The average molecular weight is 439 g/mol. The molecule has 1 aliphatic carbocycles. The van der Waals surface area contributed by atoms with Gasteiger partial charge in [0.05, 0.1) is 18.4 Å². The number of hydrogen-bond acceptors (Lipinski definition) is 2. The smallest absolute Gasteiger partial charge is 0.194 e. The number of benzene rings is 1. The third kappa shape index (κ3) is 4.72. The molecule has 0 aliphatic heterocycles. The van der Waals surface area contributed by atoms with Crippen molar-refractivity contribution >= 4 is 29.9 Å². The molecule has 0 radical (unpaired) electrons. The van der Waals surface area contributed by atoms with Crippen LogP contribution < -0.4 is 5.32 Å². The Morgan fingerprint density at radius 1 is 1.38 bits per heavy atom. The Hall–Kier alpha value is -1.57. The van der Waals surface area contributed by atoms with Gasteiger partial charge in [-0.1, -0.05) is 37.3 Å². The fraction of sp³-hybridized carbons (Fsp3) is 0.444. The first-order valence-corrected chi connectivity index (χ1v) is 8.28. The Morgan fingerprint density at radius 3 is 2.71 bits per heavy atom. The van der Waals surface area contributed by atoms with Crippen molar-refractivity contribution in [2.24, 2.45) is 10.9 Å². The van der Waals surface area contributed by atoms with Crippen LogP contribution in [0.25, 0.3) is 11.3 Å². The fourth-order valence-corrected chi connectivity index (χ4v) is 2.62. The summed E-state index contributed by atoms with van der Waals surface area (Å²) in [5, 5.41) is 3.53. The molecule has 2 aromatic rings. The van der Waals surface area contributed by atoms with E-state index < -0.39 is 0 Å². The van der Waals surface area contributed by atoms with Crippen LogP contribution in [-0.4, -0.2) is 40.5 Å². The van der Waals surface area contributed by atoms with Crippen LogP contribution in [0.2, 0.25) is 0 Å². The van der Waals surface area contributed by atoms with Crippen LogP contribution in [0.5, 0.6) is 0 Å². The van der Waals surface area contributed by atoms with Crippen LogP contribution in [0.15, 0.2) is 41.5 Å².